The molecule has 0 bridgehead atoms. The van der Waals surface area contributed by atoms with Gasteiger partial charge in [0.05, 0.1) is 34.8 Å². The minimum absolute atomic E-state index is 0.0286. The third-order valence-electron chi connectivity index (χ3n) is 4.01. The highest BCUT2D eigenvalue weighted by Crippen LogP contribution is 2.22. The fourth-order valence-corrected chi connectivity index (χ4v) is 2.66. The highest BCUT2D eigenvalue weighted by atomic mass is 127. The lowest BCUT2D eigenvalue weighted by molar-refractivity contribution is -0.138. The van der Waals surface area contributed by atoms with Crippen molar-refractivity contribution in [3.8, 4) is 11.5 Å². The van der Waals surface area contributed by atoms with Gasteiger partial charge in [-0.2, -0.15) is 13.2 Å². The third kappa shape index (κ3) is 11.2. The number of carbonyl (C=O) groups excluding carboxylic acids is 3. The Morgan fingerprint density at radius 1 is 0.853 bits per heavy atom. The van der Waals surface area contributed by atoms with Gasteiger partial charge >= 0.3 is 22.1 Å². The summed E-state index contributed by atoms with van der Waals surface area (Å²) in [5.41, 5.74) is 0.894. The zero-order valence-electron chi connectivity index (χ0n) is 17.7. The number of hydrogen-bond donors (Lipinski definition) is 0. The molecule has 0 aliphatic rings. The lowest BCUT2D eigenvalue weighted by atomic mass is 10.2. The van der Waals surface area contributed by atoms with Crippen LogP contribution in [-0.2, 0) is 14.3 Å². The van der Waals surface area contributed by atoms with Gasteiger partial charge in [-0.25, -0.2) is 14.4 Å². The molecule has 11 heteroatoms. The van der Waals surface area contributed by atoms with E-state index < -0.39 is 28.5 Å². The lowest BCUT2D eigenvalue weighted by Crippen LogP contribution is -2.10. The summed E-state index contributed by atoms with van der Waals surface area (Å²) in [6, 6.07) is 12.2. The molecular weight excluding hydrogens is 572 g/mol. The Bertz CT molecular complexity index is 987. The van der Waals surface area contributed by atoms with Crippen molar-refractivity contribution in [2.75, 3.05) is 19.8 Å². The third-order valence-corrected chi connectivity index (χ3v) is 4.32. The molecule has 0 aromatic heterocycles. The number of rotatable bonds is 11. The fraction of sp³-hybridized carbons (Fsp3) is 0.261. The number of ether oxygens (including phenoxy) is 4. The molecule has 2 aromatic rings. The van der Waals surface area contributed by atoms with E-state index >= 15 is 0 Å². The average molecular weight is 592 g/mol. The Morgan fingerprint density at radius 3 is 2.09 bits per heavy atom. The molecule has 0 aliphatic heterocycles. The first-order valence-electron chi connectivity index (χ1n) is 9.91. The minimum Gasteiger partial charge on any atom is -0.494 e. The van der Waals surface area contributed by atoms with Crippen LogP contribution in [0, 0.1) is 0 Å². The monoisotopic (exact) mass is 592 g/mol. The number of alkyl halides is 3. The van der Waals surface area contributed by atoms with Crippen LogP contribution in [0.25, 0.3) is 6.08 Å². The highest BCUT2D eigenvalue weighted by Gasteiger charge is 2.26. The molecule has 0 amide bonds. The Balaban J connectivity index is 1.78. The van der Waals surface area contributed by atoms with Crippen molar-refractivity contribution in [3.05, 3.63) is 65.7 Å². The summed E-state index contributed by atoms with van der Waals surface area (Å²) in [5, 5.41) is 0. The van der Waals surface area contributed by atoms with Gasteiger partial charge < -0.3 is 18.9 Å². The van der Waals surface area contributed by atoms with Crippen molar-refractivity contribution in [1.29, 1.82) is 0 Å². The Labute approximate surface area is 207 Å². The number of halogens is 4. The van der Waals surface area contributed by atoms with Gasteiger partial charge in [0, 0.05) is 12.5 Å². The lowest BCUT2D eigenvalue weighted by Gasteiger charge is -2.09. The van der Waals surface area contributed by atoms with E-state index in [0.717, 1.165) is 0 Å². The van der Waals surface area contributed by atoms with E-state index in [1.807, 2.05) is 0 Å². The summed E-state index contributed by atoms with van der Waals surface area (Å²) in [7, 11) is 0. The number of esters is 2. The van der Waals surface area contributed by atoms with Crippen LogP contribution < -0.4 is 9.47 Å². The predicted octanol–water partition coefficient (Wildman–Crippen LogP) is 5.76. The molecule has 34 heavy (non-hydrogen) atoms. The Hall–Kier alpha value is -3.09. The maximum atomic E-state index is 12.3. The molecule has 0 atom stereocenters. The van der Waals surface area contributed by atoms with Crippen LogP contribution in [0.4, 0.5) is 18.0 Å². The van der Waals surface area contributed by atoms with Crippen molar-refractivity contribution in [2.24, 2.45) is 0 Å². The van der Waals surface area contributed by atoms with E-state index in [2.05, 4.69) is 4.74 Å². The average Bonchev–Trinajstić information content (AvgIpc) is 2.79. The molecule has 2 rings (SSSR count). The molecule has 0 N–H and O–H groups in total. The molecule has 0 aliphatic carbocycles. The van der Waals surface area contributed by atoms with Gasteiger partial charge in [-0.3, -0.25) is 0 Å². The van der Waals surface area contributed by atoms with Crippen molar-refractivity contribution >= 4 is 44.6 Å². The first kappa shape index (κ1) is 27.2. The van der Waals surface area contributed by atoms with Crippen LogP contribution in [0.3, 0.4) is 0 Å². The van der Waals surface area contributed by atoms with Gasteiger partial charge in [0.25, 0.3) is 0 Å². The van der Waals surface area contributed by atoms with E-state index in [-0.39, 0.29) is 37.6 Å². The molecule has 0 saturated heterocycles. The minimum atomic E-state index is -4.22. The van der Waals surface area contributed by atoms with Gasteiger partial charge in [-0.05, 0) is 54.5 Å². The smallest absolute Gasteiger partial charge is 0.389 e. The quantitative estimate of drug-likeness (QED) is 0.0820. The normalized spacial score (nSPS) is 11.2. The van der Waals surface area contributed by atoms with Crippen molar-refractivity contribution in [2.45, 2.75) is 19.0 Å². The molecule has 7 nitrogen and oxygen atoms in total. The molecule has 0 unspecified atom stereocenters. The first-order valence-corrected chi connectivity index (χ1v) is 11.0. The Kier molecular flexibility index (Phi) is 10.8. The van der Waals surface area contributed by atoms with Crippen LogP contribution in [0.2, 0.25) is 0 Å². The molecule has 0 heterocycles. The van der Waals surface area contributed by atoms with Gasteiger partial charge in [-0.15, -0.1) is 0 Å². The summed E-state index contributed by atoms with van der Waals surface area (Å²) in [5.74, 6) is -0.604. The summed E-state index contributed by atoms with van der Waals surface area (Å²) in [6.07, 6.45) is -2.58. The van der Waals surface area contributed by atoms with Crippen LogP contribution >= 0.6 is 22.6 Å². The largest absolute Gasteiger partial charge is 0.494 e. The molecule has 2 aromatic carbocycles. The van der Waals surface area contributed by atoms with E-state index in [0.29, 0.717) is 11.3 Å². The van der Waals surface area contributed by atoms with Crippen molar-refractivity contribution < 1.29 is 46.5 Å². The SMILES string of the molecule is O=C(I)OCCOC(=O)/C=C/c1ccc(OC(=O)c2ccc(OCCCC(F)(F)F)cc2)cc1. The van der Waals surface area contributed by atoms with E-state index in [1.165, 1.54) is 59.0 Å². The topological polar surface area (TPSA) is 88.1 Å². The second-order valence-electron chi connectivity index (χ2n) is 6.64. The number of hydrogen-bond acceptors (Lipinski definition) is 7. The van der Waals surface area contributed by atoms with Gasteiger partial charge in [0.2, 0.25) is 0 Å². The fourth-order valence-electron chi connectivity index (χ4n) is 2.44. The molecular formula is C23H20F3IO7. The highest BCUT2D eigenvalue weighted by molar-refractivity contribution is 14.1. The first-order chi connectivity index (χ1) is 16.1. The second kappa shape index (κ2) is 13.6. The molecule has 0 fully saturated rings. The summed E-state index contributed by atoms with van der Waals surface area (Å²) < 4.78 is 55.9. The molecule has 182 valence electrons. The molecule has 0 radical (unpaired) electrons. The van der Waals surface area contributed by atoms with Gasteiger partial charge in [0.1, 0.15) is 24.7 Å². The number of benzene rings is 2. The second-order valence-corrected chi connectivity index (χ2v) is 7.52. The van der Waals surface area contributed by atoms with Gasteiger partial charge in [-0.1, -0.05) is 12.1 Å². The van der Waals surface area contributed by atoms with E-state index in [4.69, 9.17) is 14.2 Å². The van der Waals surface area contributed by atoms with Gasteiger partial charge in [0.15, 0.2) is 0 Å². The predicted molar refractivity (Wildman–Crippen MR) is 124 cm³/mol. The maximum absolute atomic E-state index is 12.3. The standard InChI is InChI=1S/C23H20F3IO7/c24-23(25,26)12-1-13-31-18-9-5-17(6-10-18)21(29)34-19-7-2-16(3-8-19)4-11-20(28)32-14-15-33-22(27)30/h2-11H,1,12-15H2/b11-4+. The van der Waals surface area contributed by atoms with Crippen LogP contribution in [0.5, 0.6) is 11.5 Å². The van der Waals surface area contributed by atoms with Crippen LogP contribution in [-0.4, -0.2) is 41.9 Å². The maximum Gasteiger partial charge on any atom is 0.389 e. The zero-order chi connectivity index (χ0) is 25.0. The van der Waals surface area contributed by atoms with E-state index in [9.17, 15) is 27.6 Å². The van der Waals surface area contributed by atoms with Crippen molar-refractivity contribution in [3.63, 3.8) is 0 Å². The molecule has 0 spiro atoms. The van der Waals surface area contributed by atoms with E-state index in [1.54, 1.807) is 24.3 Å². The summed E-state index contributed by atoms with van der Waals surface area (Å²) in [6.45, 7) is -0.174. The summed E-state index contributed by atoms with van der Waals surface area (Å²) >= 11 is 1.46. The van der Waals surface area contributed by atoms with Crippen LogP contribution in [0.15, 0.2) is 54.6 Å². The summed E-state index contributed by atoms with van der Waals surface area (Å²) in [4.78, 5) is 34.5. The zero-order valence-corrected chi connectivity index (χ0v) is 19.8. The Morgan fingerprint density at radius 2 is 1.47 bits per heavy atom. The van der Waals surface area contributed by atoms with Crippen molar-refractivity contribution in [1.82, 2.24) is 0 Å². The van der Waals surface area contributed by atoms with Crippen LogP contribution in [0.1, 0.15) is 28.8 Å². The number of carbonyl (C=O) groups is 3. The molecule has 0 saturated carbocycles.